The quantitative estimate of drug-likeness (QED) is 0.763. The molecule has 0 bridgehead atoms. The predicted molar refractivity (Wildman–Crippen MR) is 58.2 cm³/mol. The smallest absolute Gasteiger partial charge is 0.400 e. The van der Waals surface area contributed by atoms with Gasteiger partial charge in [0, 0.05) is 10.8 Å². The normalized spacial score (nSPS) is 10.1. The maximum Gasteiger partial charge on any atom is 0.500 e. The Morgan fingerprint density at radius 3 is 1.50 bits per heavy atom. The van der Waals surface area contributed by atoms with Crippen molar-refractivity contribution in [2.45, 2.75) is 0 Å². The summed E-state index contributed by atoms with van der Waals surface area (Å²) in [6.45, 7) is 0. The summed E-state index contributed by atoms with van der Waals surface area (Å²) >= 11 is 0. The van der Waals surface area contributed by atoms with Crippen LogP contribution in [0.3, 0.4) is 0 Å². The zero-order valence-corrected chi connectivity index (χ0v) is 8.85. The highest BCUT2D eigenvalue weighted by molar-refractivity contribution is 5.95. The minimum Gasteiger partial charge on any atom is -0.400 e. The van der Waals surface area contributed by atoms with E-state index in [0.717, 1.165) is 0 Å². The Morgan fingerprint density at radius 2 is 1.17 bits per heavy atom. The van der Waals surface area contributed by atoms with Crippen LogP contribution < -0.4 is 9.47 Å². The molecule has 0 aromatic heterocycles. The Kier molecular flexibility index (Phi) is 3.18. The van der Waals surface area contributed by atoms with Crippen molar-refractivity contribution in [2.75, 3.05) is 0 Å². The van der Waals surface area contributed by atoms with E-state index in [-0.39, 0.29) is 11.5 Å². The molecule has 0 aliphatic carbocycles. The zero-order valence-electron chi connectivity index (χ0n) is 8.85. The van der Waals surface area contributed by atoms with Crippen molar-refractivity contribution >= 4 is 23.2 Å². The van der Waals surface area contributed by atoms with E-state index in [9.17, 15) is 18.4 Å². The molecule has 0 aliphatic heterocycles. The molecule has 2 rings (SSSR count). The summed E-state index contributed by atoms with van der Waals surface area (Å²) < 4.78 is 33.1. The van der Waals surface area contributed by atoms with Crippen molar-refractivity contribution in [3.05, 3.63) is 36.4 Å². The molecule has 2 aromatic carbocycles. The van der Waals surface area contributed by atoms with Crippen LogP contribution in [0.15, 0.2) is 36.4 Å². The molecular weight excluding hydrogens is 246 g/mol. The first-order valence-electron chi connectivity index (χ1n) is 4.84. The van der Waals surface area contributed by atoms with Crippen LogP contribution >= 0.6 is 0 Å². The lowest BCUT2D eigenvalue weighted by molar-refractivity contribution is 0.174. The second-order valence-corrected chi connectivity index (χ2v) is 3.29. The summed E-state index contributed by atoms with van der Waals surface area (Å²) in [5.41, 5.74) is 0. The van der Waals surface area contributed by atoms with E-state index in [1.165, 1.54) is 24.3 Å². The minimum absolute atomic E-state index is 0.0447. The number of halogens is 2. The average Bonchev–Trinajstić information content (AvgIpc) is 2.31. The molecule has 0 radical (unpaired) electrons. The fraction of sp³-hybridized carbons (Fsp3) is 0. The summed E-state index contributed by atoms with van der Waals surface area (Å²) in [6.07, 6.45) is -3.93. The van der Waals surface area contributed by atoms with E-state index in [1.54, 1.807) is 12.1 Å². The molecule has 2 aromatic rings. The third-order valence-corrected chi connectivity index (χ3v) is 2.22. The van der Waals surface area contributed by atoms with Gasteiger partial charge >= 0.3 is 12.4 Å². The lowest BCUT2D eigenvalue weighted by Crippen LogP contribution is -2.01. The molecule has 0 spiro atoms. The van der Waals surface area contributed by atoms with Crippen LogP contribution in [-0.2, 0) is 0 Å². The zero-order chi connectivity index (χ0) is 13.1. The number of benzene rings is 2. The van der Waals surface area contributed by atoms with Crippen LogP contribution in [0.5, 0.6) is 11.5 Å². The first-order valence-corrected chi connectivity index (χ1v) is 4.84. The number of carbonyl (C=O) groups is 2. The van der Waals surface area contributed by atoms with Gasteiger partial charge in [-0.15, -0.1) is 8.78 Å². The van der Waals surface area contributed by atoms with Crippen LogP contribution in [0.2, 0.25) is 0 Å². The molecule has 0 amide bonds. The van der Waals surface area contributed by atoms with Crippen LogP contribution in [0.4, 0.5) is 18.4 Å². The highest BCUT2D eigenvalue weighted by atomic mass is 19.2. The first kappa shape index (κ1) is 12.0. The average molecular weight is 252 g/mol. The monoisotopic (exact) mass is 252 g/mol. The maximum absolute atomic E-state index is 12.2. The molecule has 0 unspecified atom stereocenters. The molecule has 18 heavy (non-hydrogen) atoms. The van der Waals surface area contributed by atoms with Gasteiger partial charge in [0.2, 0.25) is 0 Å². The number of hydrogen-bond donors (Lipinski definition) is 0. The molecule has 0 fully saturated rings. The van der Waals surface area contributed by atoms with Gasteiger partial charge in [0.15, 0.2) is 0 Å². The van der Waals surface area contributed by atoms with E-state index in [4.69, 9.17) is 0 Å². The predicted octanol–water partition coefficient (Wildman–Crippen LogP) is 3.78. The fourth-order valence-corrected chi connectivity index (χ4v) is 1.59. The van der Waals surface area contributed by atoms with Crippen molar-refractivity contribution in [1.29, 1.82) is 0 Å². The highest BCUT2D eigenvalue weighted by Crippen LogP contribution is 2.33. The Hall–Kier alpha value is -2.50. The molecule has 0 N–H and O–H groups in total. The topological polar surface area (TPSA) is 52.6 Å². The van der Waals surface area contributed by atoms with Crippen molar-refractivity contribution in [2.24, 2.45) is 0 Å². The molecule has 6 heteroatoms. The molecule has 0 atom stereocenters. The van der Waals surface area contributed by atoms with Gasteiger partial charge in [0.05, 0.1) is 0 Å². The van der Waals surface area contributed by atoms with Crippen LogP contribution in [0.1, 0.15) is 0 Å². The number of carbonyl (C=O) groups excluding carboxylic acids is 2. The Morgan fingerprint density at radius 1 is 0.778 bits per heavy atom. The number of ether oxygens (including phenoxy) is 2. The van der Waals surface area contributed by atoms with Gasteiger partial charge in [-0.25, -0.2) is 9.59 Å². The van der Waals surface area contributed by atoms with Gasteiger partial charge < -0.3 is 9.47 Å². The van der Waals surface area contributed by atoms with E-state index in [0.29, 0.717) is 10.8 Å². The molecule has 0 saturated carbocycles. The molecule has 4 nitrogen and oxygen atoms in total. The standard InChI is InChI=1S/C12H6F2O4/c13-11(15)17-9-5-6-10(18-12(14)16)8-4-2-1-3-7(8)9/h1-6H. The van der Waals surface area contributed by atoms with Crippen LogP contribution in [-0.4, -0.2) is 12.4 Å². The van der Waals surface area contributed by atoms with E-state index >= 15 is 0 Å². The van der Waals surface area contributed by atoms with Gasteiger partial charge in [-0.2, -0.15) is 0 Å². The van der Waals surface area contributed by atoms with E-state index < -0.39 is 12.4 Å². The van der Waals surface area contributed by atoms with Crippen molar-refractivity contribution < 1.29 is 27.8 Å². The Balaban J connectivity index is 2.58. The lowest BCUT2D eigenvalue weighted by Gasteiger charge is -2.08. The lowest BCUT2D eigenvalue weighted by atomic mass is 10.1. The molecule has 0 saturated heterocycles. The van der Waals surface area contributed by atoms with E-state index in [2.05, 4.69) is 9.47 Å². The maximum atomic E-state index is 12.2. The first-order chi connectivity index (χ1) is 8.58. The Labute approximate surface area is 99.7 Å². The summed E-state index contributed by atoms with van der Waals surface area (Å²) in [4.78, 5) is 20.6. The van der Waals surface area contributed by atoms with Crippen molar-refractivity contribution in [1.82, 2.24) is 0 Å². The summed E-state index contributed by atoms with van der Waals surface area (Å²) in [5.74, 6) is -0.0893. The second kappa shape index (κ2) is 4.79. The summed E-state index contributed by atoms with van der Waals surface area (Å²) in [5, 5.41) is 0.643. The van der Waals surface area contributed by atoms with Gasteiger partial charge in [0.1, 0.15) is 11.5 Å². The van der Waals surface area contributed by atoms with Crippen LogP contribution in [0.25, 0.3) is 10.8 Å². The second-order valence-electron chi connectivity index (χ2n) is 3.29. The third kappa shape index (κ3) is 2.42. The number of hydrogen-bond acceptors (Lipinski definition) is 4. The van der Waals surface area contributed by atoms with Crippen LogP contribution in [0, 0.1) is 0 Å². The van der Waals surface area contributed by atoms with Gasteiger partial charge in [-0.05, 0) is 12.1 Å². The Bertz CT molecular complexity index is 570. The van der Waals surface area contributed by atoms with Crippen molar-refractivity contribution in [3.63, 3.8) is 0 Å². The molecule has 0 heterocycles. The van der Waals surface area contributed by atoms with Gasteiger partial charge in [-0.3, -0.25) is 0 Å². The largest absolute Gasteiger partial charge is 0.500 e. The molecular formula is C12H6F2O4. The number of fused-ring (bicyclic) bond motifs is 1. The fourth-order valence-electron chi connectivity index (χ4n) is 1.59. The molecule has 0 aliphatic rings. The summed E-state index contributed by atoms with van der Waals surface area (Å²) in [6, 6.07) is 8.67. The highest BCUT2D eigenvalue weighted by Gasteiger charge is 2.12. The third-order valence-electron chi connectivity index (χ3n) is 2.22. The summed E-state index contributed by atoms with van der Waals surface area (Å²) in [7, 11) is 0. The van der Waals surface area contributed by atoms with Crippen molar-refractivity contribution in [3.8, 4) is 11.5 Å². The number of rotatable bonds is 2. The molecule has 92 valence electrons. The SMILES string of the molecule is O=C(F)Oc1ccc(OC(=O)F)c2ccccc12. The van der Waals surface area contributed by atoms with E-state index in [1.807, 2.05) is 0 Å². The minimum atomic E-state index is -1.96. The van der Waals surface area contributed by atoms with Gasteiger partial charge in [-0.1, -0.05) is 24.3 Å². The van der Waals surface area contributed by atoms with Gasteiger partial charge in [0.25, 0.3) is 0 Å².